The SMILES string of the molecule is CN(C)CCCNC(=O)CCNCCC1=CCCCC1. The molecule has 0 aromatic heterocycles. The number of nitrogens with zero attached hydrogens (tertiary/aromatic N) is 1. The van der Waals surface area contributed by atoms with Gasteiger partial charge in [0.05, 0.1) is 0 Å². The number of carbonyl (C=O) groups is 1. The standard InChI is InChI=1S/C16H31N3O/c1-19(2)14-6-11-18-16(20)10-13-17-12-9-15-7-4-3-5-8-15/h7,17H,3-6,8-14H2,1-2H3,(H,18,20). The van der Waals surface area contributed by atoms with Crippen LogP contribution in [0.25, 0.3) is 0 Å². The highest BCUT2D eigenvalue weighted by Gasteiger charge is 2.03. The van der Waals surface area contributed by atoms with Gasteiger partial charge in [0.2, 0.25) is 5.91 Å². The zero-order chi connectivity index (χ0) is 14.6. The molecule has 0 aliphatic heterocycles. The van der Waals surface area contributed by atoms with E-state index in [9.17, 15) is 4.79 Å². The zero-order valence-electron chi connectivity index (χ0n) is 13.2. The second-order valence-electron chi connectivity index (χ2n) is 5.86. The molecule has 1 rings (SSSR count). The molecule has 0 aromatic carbocycles. The van der Waals surface area contributed by atoms with Crippen LogP contribution in [0.1, 0.15) is 44.9 Å². The highest BCUT2D eigenvalue weighted by atomic mass is 16.1. The van der Waals surface area contributed by atoms with Crippen LogP contribution in [0.2, 0.25) is 0 Å². The molecule has 0 aromatic rings. The summed E-state index contributed by atoms with van der Waals surface area (Å²) in [5, 5.41) is 6.32. The zero-order valence-corrected chi connectivity index (χ0v) is 13.2. The van der Waals surface area contributed by atoms with E-state index in [1.165, 1.54) is 25.7 Å². The molecule has 0 atom stereocenters. The summed E-state index contributed by atoms with van der Waals surface area (Å²) >= 11 is 0. The summed E-state index contributed by atoms with van der Waals surface area (Å²) in [7, 11) is 4.10. The molecule has 0 saturated carbocycles. The first-order valence-corrected chi connectivity index (χ1v) is 7.98. The van der Waals surface area contributed by atoms with Crippen molar-refractivity contribution in [2.75, 3.05) is 40.3 Å². The number of rotatable bonds is 10. The van der Waals surface area contributed by atoms with Crippen molar-refractivity contribution in [3.63, 3.8) is 0 Å². The first-order valence-electron chi connectivity index (χ1n) is 7.98. The average Bonchev–Trinajstić information content (AvgIpc) is 2.44. The molecule has 0 saturated heterocycles. The van der Waals surface area contributed by atoms with E-state index in [0.29, 0.717) is 6.42 Å². The summed E-state index contributed by atoms with van der Waals surface area (Å²) in [6.45, 7) is 3.59. The summed E-state index contributed by atoms with van der Waals surface area (Å²) in [5.74, 6) is 0.160. The van der Waals surface area contributed by atoms with Gasteiger partial charge in [-0.05, 0) is 65.7 Å². The molecule has 116 valence electrons. The maximum atomic E-state index is 11.6. The summed E-state index contributed by atoms with van der Waals surface area (Å²) in [6.07, 6.45) is 10.4. The van der Waals surface area contributed by atoms with E-state index in [2.05, 4.69) is 21.6 Å². The normalized spacial score (nSPS) is 15.2. The van der Waals surface area contributed by atoms with Gasteiger partial charge in [-0.2, -0.15) is 0 Å². The van der Waals surface area contributed by atoms with Crippen LogP contribution in [0, 0.1) is 0 Å². The van der Waals surface area contributed by atoms with E-state index in [-0.39, 0.29) is 5.91 Å². The maximum absolute atomic E-state index is 11.6. The summed E-state index contributed by atoms with van der Waals surface area (Å²) < 4.78 is 0. The van der Waals surface area contributed by atoms with Crippen molar-refractivity contribution in [2.45, 2.75) is 44.9 Å². The number of carbonyl (C=O) groups excluding carboxylic acids is 1. The van der Waals surface area contributed by atoms with Crippen molar-refractivity contribution in [1.29, 1.82) is 0 Å². The number of hydrogen-bond donors (Lipinski definition) is 2. The summed E-state index contributed by atoms with van der Waals surface area (Å²) in [4.78, 5) is 13.7. The molecule has 2 N–H and O–H groups in total. The number of hydrogen-bond acceptors (Lipinski definition) is 3. The Labute approximate surface area is 124 Å². The molecule has 0 heterocycles. The van der Waals surface area contributed by atoms with Crippen molar-refractivity contribution in [2.24, 2.45) is 0 Å². The van der Waals surface area contributed by atoms with Crippen LogP contribution in [0.3, 0.4) is 0 Å². The molecule has 0 radical (unpaired) electrons. The molecular formula is C16H31N3O. The lowest BCUT2D eigenvalue weighted by atomic mass is 9.97. The van der Waals surface area contributed by atoms with Gasteiger partial charge in [-0.15, -0.1) is 0 Å². The van der Waals surface area contributed by atoms with Crippen LogP contribution in [-0.4, -0.2) is 51.1 Å². The molecule has 0 spiro atoms. The number of amides is 1. The summed E-state index contributed by atoms with van der Waals surface area (Å²) in [5.41, 5.74) is 1.59. The predicted octanol–water partition coefficient (Wildman–Crippen LogP) is 1.92. The van der Waals surface area contributed by atoms with E-state index in [1.807, 2.05) is 14.1 Å². The van der Waals surface area contributed by atoms with E-state index in [4.69, 9.17) is 0 Å². The van der Waals surface area contributed by atoms with Gasteiger partial charge in [-0.1, -0.05) is 11.6 Å². The van der Waals surface area contributed by atoms with Crippen LogP contribution in [-0.2, 0) is 4.79 Å². The van der Waals surface area contributed by atoms with Crippen LogP contribution in [0.5, 0.6) is 0 Å². The predicted molar refractivity (Wildman–Crippen MR) is 84.8 cm³/mol. The Kier molecular flexibility index (Phi) is 9.33. The summed E-state index contributed by atoms with van der Waals surface area (Å²) in [6, 6.07) is 0. The molecule has 1 amide bonds. The monoisotopic (exact) mass is 281 g/mol. The van der Waals surface area contributed by atoms with Crippen molar-refractivity contribution < 1.29 is 4.79 Å². The van der Waals surface area contributed by atoms with E-state index in [0.717, 1.165) is 39.0 Å². The van der Waals surface area contributed by atoms with Crippen LogP contribution in [0.15, 0.2) is 11.6 Å². The Morgan fingerprint density at radius 3 is 2.80 bits per heavy atom. The van der Waals surface area contributed by atoms with Gasteiger partial charge in [-0.25, -0.2) is 0 Å². The Morgan fingerprint density at radius 2 is 2.10 bits per heavy atom. The third-order valence-corrected chi connectivity index (χ3v) is 3.64. The van der Waals surface area contributed by atoms with Crippen molar-refractivity contribution >= 4 is 5.91 Å². The van der Waals surface area contributed by atoms with Gasteiger partial charge >= 0.3 is 0 Å². The van der Waals surface area contributed by atoms with Gasteiger partial charge in [0.1, 0.15) is 0 Å². The maximum Gasteiger partial charge on any atom is 0.221 e. The van der Waals surface area contributed by atoms with Crippen LogP contribution in [0.4, 0.5) is 0 Å². The number of allylic oxidation sites excluding steroid dienone is 1. The Hall–Kier alpha value is -0.870. The van der Waals surface area contributed by atoms with Crippen molar-refractivity contribution in [1.82, 2.24) is 15.5 Å². The van der Waals surface area contributed by atoms with Crippen molar-refractivity contribution in [3.05, 3.63) is 11.6 Å². The van der Waals surface area contributed by atoms with Gasteiger partial charge in [0.15, 0.2) is 0 Å². The molecule has 4 heteroatoms. The highest BCUT2D eigenvalue weighted by molar-refractivity contribution is 5.75. The molecule has 4 nitrogen and oxygen atoms in total. The van der Waals surface area contributed by atoms with Gasteiger partial charge in [0, 0.05) is 19.5 Å². The molecule has 0 unspecified atom stereocenters. The Morgan fingerprint density at radius 1 is 1.25 bits per heavy atom. The second-order valence-corrected chi connectivity index (χ2v) is 5.86. The fourth-order valence-corrected chi connectivity index (χ4v) is 2.42. The number of nitrogens with one attached hydrogen (secondary N) is 2. The fourth-order valence-electron chi connectivity index (χ4n) is 2.42. The quantitative estimate of drug-likeness (QED) is 0.475. The minimum absolute atomic E-state index is 0.160. The van der Waals surface area contributed by atoms with Gasteiger partial charge in [-0.3, -0.25) is 4.79 Å². The van der Waals surface area contributed by atoms with Gasteiger partial charge in [0.25, 0.3) is 0 Å². The molecule has 20 heavy (non-hydrogen) atoms. The molecule has 0 bridgehead atoms. The molecule has 0 fully saturated rings. The van der Waals surface area contributed by atoms with Crippen molar-refractivity contribution in [3.8, 4) is 0 Å². The highest BCUT2D eigenvalue weighted by Crippen LogP contribution is 2.19. The van der Waals surface area contributed by atoms with E-state index >= 15 is 0 Å². The topological polar surface area (TPSA) is 44.4 Å². The lowest BCUT2D eigenvalue weighted by Gasteiger charge is -2.13. The third kappa shape index (κ3) is 9.10. The fraction of sp³-hybridized carbons (Fsp3) is 0.812. The largest absolute Gasteiger partial charge is 0.356 e. The lowest BCUT2D eigenvalue weighted by molar-refractivity contribution is -0.121. The second kappa shape index (κ2) is 10.9. The van der Waals surface area contributed by atoms with E-state index < -0.39 is 0 Å². The van der Waals surface area contributed by atoms with E-state index in [1.54, 1.807) is 5.57 Å². The average molecular weight is 281 g/mol. The molecule has 1 aliphatic rings. The first-order chi connectivity index (χ1) is 9.68. The molecular weight excluding hydrogens is 250 g/mol. The lowest BCUT2D eigenvalue weighted by Crippen LogP contribution is -2.30. The van der Waals surface area contributed by atoms with Crippen LogP contribution < -0.4 is 10.6 Å². The first kappa shape index (κ1) is 17.2. The minimum Gasteiger partial charge on any atom is -0.356 e. The smallest absolute Gasteiger partial charge is 0.221 e. The molecule has 1 aliphatic carbocycles. The van der Waals surface area contributed by atoms with Crippen LogP contribution >= 0.6 is 0 Å². The minimum atomic E-state index is 0.160. The Balaban J connectivity index is 1.90. The third-order valence-electron chi connectivity index (χ3n) is 3.64. The van der Waals surface area contributed by atoms with Gasteiger partial charge < -0.3 is 15.5 Å². The Bertz CT molecular complexity index is 300.